The standard InChI is InChI=1S/C31H38N10O10S/c1-15(36-28(46)18-4-2-3-5-19(18)32)27(45)38-21(10-17-11-34-14-35-17)29(47)39-22(12-42)30(48)40-23(13-52)31(49)37-20(26(33)44)8-16-6-7-25(43)24(9-16)41(50)51/h2-7,9,11,14-15,20-23,42-43,52H,8,10,12-13,32H2,1H3,(H2,33,44)(H,34,35)(H,36,46)(H,37,49)(H,38,45)(H,39,47)(H,40,48)/t15-,20-,21-,22-,23-/m0/s1. The van der Waals surface area contributed by atoms with Gasteiger partial charge in [0.25, 0.3) is 5.91 Å². The van der Waals surface area contributed by atoms with Crippen LogP contribution < -0.4 is 38.1 Å². The number of nitro benzene ring substituents is 1. The predicted octanol–water partition coefficient (Wildman–Crippen LogP) is -2.44. The molecule has 0 aliphatic rings. The van der Waals surface area contributed by atoms with E-state index in [2.05, 4.69) is 49.2 Å². The molecule has 3 rings (SSSR count). The minimum atomic E-state index is -1.65. The molecule has 1 heterocycles. The molecule has 0 aliphatic carbocycles. The van der Waals surface area contributed by atoms with Crippen molar-refractivity contribution in [3.05, 3.63) is 81.9 Å². The SMILES string of the molecule is C[C@H](NC(=O)c1ccccc1N)C(=O)N[C@@H](Cc1cnc[nH]1)C(=O)N[C@@H](CO)C(=O)N[C@@H](CS)C(=O)N[C@@H](Cc1ccc(O)c([N+](=O)[O-])c1)C(N)=O. The lowest BCUT2D eigenvalue weighted by atomic mass is 10.0. The number of nitrogen functional groups attached to an aromatic ring is 1. The molecule has 1 aromatic heterocycles. The Morgan fingerprint density at radius 2 is 1.52 bits per heavy atom. The molecule has 0 saturated heterocycles. The Morgan fingerprint density at radius 3 is 2.12 bits per heavy atom. The van der Waals surface area contributed by atoms with Gasteiger partial charge in [0.05, 0.1) is 23.4 Å². The van der Waals surface area contributed by atoms with E-state index < -0.39 is 88.6 Å². The second-order valence-electron chi connectivity index (χ2n) is 11.4. The van der Waals surface area contributed by atoms with Gasteiger partial charge < -0.3 is 53.2 Å². The van der Waals surface area contributed by atoms with Crippen molar-refractivity contribution >= 4 is 59.4 Å². The molecule has 0 aliphatic heterocycles. The third-order valence-corrected chi connectivity index (χ3v) is 7.89. The zero-order chi connectivity index (χ0) is 38.5. The molecule has 0 fully saturated rings. The largest absolute Gasteiger partial charge is 0.502 e. The summed E-state index contributed by atoms with van der Waals surface area (Å²) >= 11 is 4.07. The van der Waals surface area contributed by atoms with Crippen molar-refractivity contribution in [2.45, 2.75) is 50.0 Å². The number of H-pyrrole nitrogens is 1. The zero-order valence-corrected chi connectivity index (χ0v) is 28.5. The second kappa shape index (κ2) is 18.7. The second-order valence-corrected chi connectivity index (χ2v) is 11.7. The van der Waals surface area contributed by atoms with Crippen LogP contribution in [0.2, 0.25) is 0 Å². The predicted molar refractivity (Wildman–Crippen MR) is 186 cm³/mol. The van der Waals surface area contributed by atoms with Gasteiger partial charge in [0, 0.05) is 42.2 Å². The van der Waals surface area contributed by atoms with Gasteiger partial charge in [-0.2, -0.15) is 12.6 Å². The summed E-state index contributed by atoms with van der Waals surface area (Å²) < 4.78 is 0. The van der Waals surface area contributed by atoms with Crippen molar-refractivity contribution in [3.63, 3.8) is 0 Å². The lowest BCUT2D eigenvalue weighted by Crippen LogP contribution is -2.60. The summed E-state index contributed by atoms with van der Waals surface area (Å²) in [5.41, 5.74) is 11.5. The molecule has 0 bridgehead atoms. The van der Waals surface area contributed by atoms with Gasteiger partial charge in [-0.05, 0) is 30.7 Å². The Hall–Kier alpha value is -6.22. The van der Waals surface area contributed by atoms with Crippen molar-refractivity contribution in [1.82, 2.24) is 36.6 Å². The lowest BCUT2D eigenvalue weighted by Gasteiger charge is -2.25. The van der Waals surface area contributed by atoms with E-state index in [9.17, 15) is 49.1 Å². The van der Waals surface area contributed by atoms with E-state index in [1.165, 1.54) is 37.6 Å². The number of nitrogens with zero attached hydrogens (tertiary/aromatic N) is 2. The Bertz CT molecular complexity index is 1790. The van der Waals surface area contributed by atoms with Crippen LogP contribution in [0.1, 0.15) is 28.5 Å². The van der Waals surface area contributed by atoms with Crippen LogP contribution in [0.4, 0.5) is 11.4 Å². The van der Waals surface area contributed by atoms with Crippen molar-refractivity contribution in [3.8, 4) is 5.75 Å². The number of aromatic amines is 1. The van der Waals surface area contributed by atoms with Crippen LogP contribution in [-0.2, 0) is 36.8 Å². The number of nitrogens with one attached hydrogen (secondary N) is 6. The minimum absolute atomic E-state index is 0.132. The zero-order valence-electron chi connectivity index (χ0n) is 27.6. The lowest BCUT2D eigenvalue weighted by molar-refractivity contribution is -0.385. The number of aromatic hydroxyl groups is 1. The number of amides is 6. The number of aliphatic hydroxyl groups is 1. The normalized spacial score (nSPS) is 13.7. The number of carbonyl (C=O) groups is 6. The van der Waals surface area contributed by atoms with E-state index in [1.54, 1.807) is 12.1 Å². The number of anilines is 1. The van der Waals surface area contributed by atoms with Gasteiger partial charge in [0.1, 0.15) is 30.2 Å². The number of carbonyl (C=O) groups excluding carboxylic acids is 6. The summed E-state index contributed by atoms with van der Waals surface area (Å²) in [5, 5.41) is 42.8. The van der Waals surface area contributed by atoms with E-state index in [0.29, 0.717) is 5.69 Å². The minimum Gasteiger partial charge on any atom is -0.502 e. The monoisotopic (exact) mass is 742 g/mol. The molecule has 52 heavy (non-hydrogen) atoms. The van der Waals surface area contributed by atoms with Gasteiger partial charge in [-0.3, -0.25) is 38.9 Å². The maximum Gasteiger partial charge on any atom is 0.310 e. The van der Waals surface area contributed by atoms with Gasteiger partial charge in [-0.15, -0.1) is 0 Å². The van der Waals surface area contributed by atoms with Crippen LogP contribution in [-0.4, -0.2) is 103 Å². The summed E-state index contributed by atoms with van der Waals surface area (Å²) in [6.45, 7) is 0.430. The number of aromatic nitrogens is 2. The van der Waals surface area contributed by atoms with Crippen LogP contribution in [0.25, 0.3) is 0 Å². The molecule has 6 amide bonds. The number of rotatable bonds is 18. The topological polar surface area (TPSA) is 327 Å². The average Bonchev–Trinajstić information content (AvgIpc) is 3.62. The molecule has 2 aromatic carbocycles. The molecular formula is C31H38N10O10S. The molecule has 12 N–H and O–H groups in total. The maximum absolute atomic E-state index is 13.4. The summed E-state index contributed by atoms with van der Waals surface area (Å²) in [7, 11) is 0. The Kier molecular flexibility index (Phi) is 14.4. The van der Waals surface area contributed by atoms with Gasteiger partial charge in [0.15, 0.2) is 5.75 Å². The van der Waals surface area contributed by atoms with Crippen LogP contribution in [0.5, 0.6) is 5.75 Å². The fraction of sp³-hybridized carbons (Fsp3) is 0.323. The summed E-state index contributed by atoms with van der Waals surface area (Å²) in [4.78, 5) is 94.5. The molecule has 5 atom stereocenters. The Labute approximate surface area is 301 Å². The Morgan fingerprint density at radius 1 is 0.904 bits per heavy atom. The highest BCUT2D eigenvalue weighted by molar-refractivity contribution is 7.80. The molecule has 0 saturated carbocycles. The smallest absolute Gasteiger partial charge is 0.310 e. The van der Waals surface area contributed by atoms with Crippen LogP contribution in [0.3, 0.4) is 0 Å². The molecular weight excluding hydrogens is 704 g/mol. The number of phenols is 1. The quantitative estimate of drug-likeness (QED) is 0.0280. The fourth-order valence-electron chi connectivity index (χ4n) is 4.67. The molecule has 3 aromatic rings. The maximum atomic E-state index is 13.4. The highest BCUT2D eigenvalue weighted by atomic mass is 32.1. The number of aliphatic hydroxyl groups excluding tert-OH is 1. The van der Waals surface area contributed by atoms with Crippen molar-refractivity contribution < 1.29 is 43.9 Å². The van der Waals surface area contributed by atoms with E-state index in [4.69, 9.17) is 11.5 Å². The highest BCUT2D eigenvalue weighted by Gasteiger charge is 2.32. The van der Waals surface area contributed by atoms with Crippen LogP contribution in [0.15, 0.2) is 55.0 Å². The van der Waals surface area contributed by atoms with Gasteiger partial charge in [-0.1, -0.05) is 18.2 Å². The van der Waals surface area contributed by atoms with E-state index in [1.807, 2.05) is 0 Å². The molecule has 21 heteroatoms. The van der Waals surface area contributed by atoms with Crippen molar-refractivity contribution in [2.24, 2.45) is 5.73 Å². The molecule has 278 valence electrons. The third kappa shape index (κ3) is 11.1. The van der Waals surface area contributed by atoms with Crippen LogP contribution in [0, 0.1) is 10.1 Å². The number of primary amides is 1. The summed E-state index contributed by atoms with van der Waals surface area (Å²) in [6.07, 6.45) is 2.27. The van der Waals surface area contributed by atoms with Gasteiger partial charge in [-0.25, -0.2) is 4.98 Å². The van der Waals surface area contributed by atoms with Gasteiger partial charge >= 0.3 is 5.69 Å². The first-order chi connectivity index (χ1) is 24.6. The molecule has 0 unspecified atom stereocenters. The van der Waals surface area contributed by atoms with E-state index >= 15 is 0 Å². The van der Waals surface area contributed by atoms with Crippen molar-refractivity contribution in [2.75, 3.05) is 18.1 Å². The van der Waals surface area contributed by atoms with E-state index in [0.717, 1.165) is 12.1 Å². The number of imidazole rings is 1. The molecule has 0 radical (unpaired) electrons. The Balaban J connectivity index is 1.67. The number of nitro groups is 1. The van der Waals surface area contributed by atoms with Gasteiger partial charge in [0.2, 0.25) is 29.5 Å². The number of para-hydroxylation sites is 1. The number of hydrogen-bond donors (Lipinski definition) is 11. The van der Waals surface area contributed by atoms with Crippen molar-refractivity contribution in [1.29, 1.82) is 0 Å². The third-order valence-electron chi connectivity index (χ3n) is 7.53. The average molecular weight is 743 g/mol. The molecule has 20 nitrogen and oxygen atoms in total. The number of benzene rings is 2. The summed E-state index contributed by atoms with van der Waals surface area (Å²) in [6, 6.07) is 2.55. The van der Waals surface area contributed by atoms with E-state index in [-0.39, 0.29) is 35.4 Å². The number of hydrogen-bond acceptors (Lipinski definition) is 13. The highest BCUT2D eigenvalue weighted by Crippen LogP contribution is 2.26. The summed E-state index contributed by atoms with van der Waals surface area (Å²) in [5.74, 6) is -6.27. The first kappa shape index (κ1) is 40.2. The first-order valence-corrected chi connectivity index (χ1v) is 16.1. The number of nitrogens with two attached hydrogens (primary N) is 2. The molecule has 0 spiro atoms. The number of phenolic OH excluding ortho intramolecular Hbond substituents is 1. The first-order valence-electron chi connectivity index (χ1n) is 15.5. The number of thiol groups is 1. The van der Waals surface area contributed by atoms with Crippen LogP contribution >= 0.6 is 12.6 Å². The fourth-order valence-corrected chi connectivity index (χ4v) is 4.93.